The summed E-state index contributed by atoms with van der Waals surface area (Å²) in [4.78, 5) is 4.32. The molecule has 1 aromatic heterocycles. The number of ether oxygens (including phenoxy) is 1. The maximum Gasteiger partial charge on any atom is 0.127 e. The lowest BCUT2D eigenvalue weighted by Gasteiger charge is -2.13. The molecule has 80 valence electrons. The fourth-order valence-corrected chi connectivity index (χ4v) is 2.81. The summed E-state index contributed by atoms with van der Waals surface area (Å²) in [6.45, 7) is 4.21. The molecule has 0 saturated heterocycles. The SMILES string of the molecule is C/C=C\C1c2c(ccnc2I)OC1CC. The highest BCUT2D eigenvalue weighted by Gasteiger charge is 2.33. The molecule has 0 aromatic carbocycles. The molecule has 1 aliphatic heterocycles. The highest BCUT2D eigenvalue weighted by Crippen LogP contribution is 2.41. The Bertz CT molecular complexity index is 389. The molecule has 0 bridgehead atoms. The number of fused-ring (bicyclic) bond motifs is 1. The third-order valence-electron chi connectivity index (χ3n) is 2.72. The van der Waals surface area contributed by atoms with Crippen LogP contribution in [-0.2, 0) is 0 Å². The van der Waals surface area contributed by atoms with Gasteiger partial charge in [-0.1, -0.05) is 19.1 Å². The Kier molecular flexibility index (Phi) is 3.29. The van der Waals surface area contributed by atoms with E-state index in [2.05, 4.69) is 46.7 Å². The van der Waals surface area contributed by atoms with Crippen LogP contribution in [-0.4, -0.2) is 11.1 Å². The zero-order chi connectivity index (χ0) is 10.8. The van der Waals surface area contributed by atoms with E-state index in [0.29, 0.717) is 5.92 Å². The molecular weight excluding hydrogens is 301 g/mol. The predicted molar refractivity (Wildman–Crippen MR) is 69.2 cm³/mol. The molecule has 0 fully saturated rings. The quantitative estimate of drug-likeness (QED) is 0.473. The van der Waals surface area contributed by atoms with Crippen LogP contribution >= 0.6 is 22.6 Å². The van der Waals surface area contributed by atoms with Crippen molar-refractivity contribution in [2.75, 3.05) is 0 Å². The maximum absolute atomic E-state index is 5.91. The maximum atomic E-state index is 5.91. The fourth-order valence-electron chi connectivity index (χ4n) is 2.02. The molecule has 2 atom stereocenters. The van der Waals surface area contributed by atoms with E-state index in [9.17, 15) is 0 Å². The van der Waals surface area contributed by atoms with Gasteiger partial charge >= 0.3 is 0 Å². The van der Waals surface area contributed by atoms with Crippen molar-refractivity contribution in [3.63, 3.8) is 0 Å². The van der Waals surface area contributed by atoms with Crippen molar-refractivity contribution in [3.05, 3.63) is 33.7 Å². The van der Waals surface area contributed by atoms with E-state index in [-0.39, 0.29) is 6.10 Å². The first-order valence-corrected chi connectivity index (χ1v) is 6.29. The minimum absolute atomic E-state index is 0.272. The Balaban J connectivity index is 2.46. The van der Waals surface area contributed by atoms with Gasteiger partial charge in [-0.05, 0) is 42.0 Å². The van der Waals surface area contributed by atoms with Gasteiger partial charge in [-0.3, -0.25) is 0 Å². The smallest absolute Gasteiger partial charge is 0.127 e. The number of rotatable bonds is 2. The van der Waals surface area contributed by atoms with Gasteiger partial charge in [0.15, 0.2) is 0 Å². The number of hydrogen-bond acceptors (Lipinski definition) is 2. The summed E-state index contributed by atoms with van der Waals surface area (Å²) < 4.78 is 6.97. The summed E-state index contributed by atoms with van der Waals surface area (Å²) in [7, 11) is 0. The van der Waals surface area contributed by atoms with Crippen molar-refractivity contribution in [1.82, 2.24) is 4.98 Å². The zero-order valence-corrected chi connectivity index (χ0v) is 11.1. The molecule has 1 aliphatic rings. The normalized spacial score (nSPS) is 24.2. The van der Waals surface area contributed by atoms with Gasteiger partial charge < -0.3 is 4.74 Å². The summed E-state index contributed by atoms with van der Waals surface area (Å²) >= 11 is 2.28. The van der Waals surface area contributed by atoms with Crippen LogP contribution in [0.5, 0.6) is 5.75 Å². The largest absolute Gasteiger partial charge is 0.489 e. The summed E-state index contributed by atoms with van der Waals surface area (Å²) in [5, 5.41) is 0. The van der Waals surface area contributed by atoms with Crippen molar-refractivity contribution < 1.29 is 4.74 Å². The second-order valence-corrected chi connectivity index (χ2v) is 4.65. The van der Waals surface area contributed by atoms with Gasteiger partial charge in [0.25, 0.3) is 0 Å². The van der Waals surface area contributed by atoms with Gasteiger partial charge in [-0.15, -0.1) is 0 Å². The molecule has 2 unspecified atom stereocenters. The van der Waals surface area contributed by atoms with Gasteiger partial charge in [-0.25, -0.2) is 4.98 Å². The Morgan fingerprint density at radius 3 is 3.07 bits per heavy atom. The Morgan fingerprint density at radius 2 is 2.40 bits per heavy atom. The van der Waals surface area contributed by atoms with Crippen LogP contribution in [0.4, 0.5) is 0 Å². The van der Waals surface area contributed by atoms with Crippen LogP contribution in [0.25, 0.3) is 0 Å². The highest BCUT2D eigenvalue weighted by molar-refractivity contribution is 14.1. The second kappa shape index (κ2) is 4.51. The number of pyridine rings is 1. The fraction of sp³-hybridized carbons (Fsp3) is 0.417. The van der Waals surface area contributed by atoms with Crippen LogP contribution in [0.1, 0.15) is 31.7 Å². The lowest BCUT2D eigenvalue weighted by Crippen LogP contribution is -2.16. The van der Waals surface area contributed by atoms with Crippen LogP contribution in [0.3, 0.4) is 0 Å². The van der Waals surface area contributed by atoms with Gasteiger partial charge in [0, 0.05) is 17.7 Å². The summed E-state index contributed by atoms with van der Waals surface area (Å²) in [5.41, 5.74) is 1.25. The van der Waals surface area contributed by atoms with Gasteiger partial charge in [0.1, 0.15) is 15.6 Å². The molecule has 0 aliphatic carbocycles. The zero-order valence-electron chi connectivity index (χ0n) is 8.90. The molecule has 0 amide bonds. The van der Waals surface area contributed by atoms with Crippen molar-refractivity contribution in [2.24, 2.45) is 0 Å². The first-order chi connectivity index (χ1) is 7.27. The molecule has 1 aromatic rings. The van der Waals surface area contributed by atoms with Crippen molar-refractivity contribution >= 4 is 22.6 Å². The van der Waals surface area contributed by atoms with E-state index in [4.69, 9.17) is 4.74 Å². The Morgan fingerprint density at radius 1 is 1.60 bits per heavy atom. The second-order valence-electron chi connectivity index (χ2n) is 3.63. The Labute approximate surface area is 104 Å². The number of aromatic nitrogens is 1. The molecule has 0 radical (unpaired) electrons. The molecular formula is C12H14INO. The lowest BCUT2D eigenvalue weighted by molar-refractivity contribution is 0.215. The third kappa shape index (κ3) is 1.89. The highest BCUT2D eigenvalue weighted by atomic mass is 127. The topological polar surface area (TPSA) is 22.1 Å². The third-order valence-corrected chi connectivity index (χ3v) is 3.58. The summed E-state index contributed by atoms with van der Waals surface area (Å²) in [5.74, 6) is 1.37. The van der Waals surface area contributed by atoms with Crippen LogP contribution in [0, 0.1) is 3.70 Å². The first kappa shape index (κ1) is 10.9. The van der Waals surface area contributed by atoms with Crippen LogP contribution < -0.4 is 4.74 Å². The van der Waals surface area contributed by atoms with Crippen molar-refractivity contribution in [1.29, 1.82) is 0 Å². The van der Waals surface area contributed by atoms with Crippen LogP contribution in [0.2, 0.25) is 0 Å². The average Bonchev–Trinajstić information content (AvgIpc) is 2.58. The number of halogens is 1. The van der Waals surface area contributed by atoms with E-state index in [1.54, 1.807) is 0 Å². The Hall–Kier alpha value is -0.580. The van der Waals surface area contributed by atoms with Gasteiger partial charge in [-0.2, -0.15) is 0 Å². The van der Waals surface area contributed by atoms with E-state index in [0.717, 1.165) is 15.9 Å². The first-order valence-electron chi connectivity index (χ1n) is 5.21. The standard InChI is InChI=1S/C12H14INO/c1-3-5-8-9(4-2)15-10-6-7-14-12(13)11(8)10/h3,5-9H,4H2,1-2H3/b5-3-. The van der Waals surface area contributed by atoms with E-state index in [1.807, 2.05) is 19.2 Å². The van der Waals surface area contributed by atoms with Crippen molar-refractivity contribution in [3.8, 4) is 5.75 Å². The van der Waals surface area contributed by atoms with Gasteiger partial charge in [0.05, 0.1) is 0 Å². The number of nitrogens with zero attached hydrogens (tertiary/aromatic N) is 1. The molecule has 2 nitrogen and oxygen atoms in total. The van der Waals surface area contributed by atoms with Crippen LogP contribution in [0.15, 0.2) is 24.4 Å². The molecule has 0 spiro atoms. The van der Waals surface area contributed by atoms with E-state index in [1.165, 1.54) is 5.56 Å². The molecule has 3 heteroatoms. The minimum Gasteiger partial charge on any atom is -0.489 e. The average molecular weight is 315 g/mol. The van der Waals surface area contributed by atoms with Gasteiger partial charge in [0.2, 0.25) is 0 Å². The van der Waals surface area contributed by atoms with Crippen molar-refractivity contribution in [2.45, 2.75) is 32.3 Å². The number of hydrogen-bond donors (Lipinski definition) is 0. The van der Waals surface area contributed by atoms with E-state index >= 15 is 0 Å². The molecule has 0 saturated carbocycles. The predicted octanol–water partition coefficient (Wildman–Crippen LogP) is 3.52. The summed E-state index contributed by atoms with van der Waals surface area (Å²) in [6.07, 6.45) is 7.41. The monoisotopic (exact) mass is 315 g/mol. The van der Waals surface area contributed by atoms with E-state index < -0.39 is 0 Å². The summed E-state index contributed by atoms with van der Waals surface area (Å²) in [6, 6.07) is 1.96. The lowest BCUT2D eigenvalue weighted by atomic mass is 9.95. The molecule has 15 heavy (non-hydrogen) atoms. The molecule has 2 heterocycles. The molecule has 2 rings (SSSR count). The minimum atomic E-state index is 0.272. The number of allylic oxidation sites excluding steroid dienone is 1. The molecule has 0 N–H and O–H groups in total.